The number of nitrogens with zero attached hydrogens (tertiary/aromatic N) is 1. The summed E-state index contributed by atoms with van der Waals surface area (Å²) in [4.78, 5) is 14.0. The minimum atomic E-state index is -0.294. The smallest absolute Gasteiger partial charge is 0.317 e. The fourth-order valence-corrected chi connectivity index (χ4v) is 2.49. The summed E-state index contributed by atoms with van der Waals surface area (Å²) in [6, 6.07) is 14.0. The molecule has 0 radical (unpaired) electrons. The van der Waals surface area contributed by atoms with E-state index in [4.69, 9.17) is 4.74 Å². The molecule has 2 aromatic carbocycles. The molecule has 2 rings (SSSR count). The minimum absolute atomic E-state index is 0.172. The first-order valence-electron chi connectivity index (χ1n) is 7.97. The molecule has 0 aliphatic heterocycles. The third-order valence-corrected chi connectivity index (χ3v) is 3.78. The summed E-state index contributed by atoms with van der Waals surface area (Å²) in [6.45, 7) is 3.75. The lowest BCUT2D eigenvalue weighted by atomic mass is 10.1. The Kier molecular flexibility index (Phi) is 6.75. The first kappa shape index (κ1) is 17.9. The normalized spacial score (nSPS) is 10.5. The average Bonchev–Trinajstić information content (AvgIpc) is 2.59. The van der Waals surface area contributed by atoms with Gasteiger partial charge in [-0.3, -0.25) is 0 Å². The highest BCUT2D eigenvalue weighted by Crippen LogP contribution is 2.11. The predicted octanol–water partition coefficient (Wildman–Crippen LogP) is 3.70. The number of ether oxygens (including phenoxy) is 1. The fraction of sp³-hybridized carbons (Fsp3) is 0.316. The number of hydrogen-bond donors (Lipinski definition) is 1. The van der Waals surface area contributed by atoms with E-state index in [2.05, 4.69) is 5.32 Å². The molecule has 0 saturated carbocycles. The summed E-state index contributed by atoms with van der Waals surface area (Å²) in [5, 5.41) is 2.92. The van der Waals surface area contributed by atoms with Gasteiger partial charge in [0.2, 0.25) is 0 Å². The Morgan fingerprint density at radius 2 is 1.92 bits per heavy atom. The molecule has 4 nitrogen and oxygen atoms in total. The van der Waals surface area contributed by atoms with Crippen LogP contribution < -0.4 is 5.32 Å². The van der Waals surface area contributed by atoms with Gasteiger partial charge in [0, 0.05) is 26.7 Å². The average molecular weight is 330 g/mol. The van der Waals surface area contributed by atoms with E-state index < -0.39 is 0 Å². The Morgan fingerprint density at radius 1 is 1.17 bits per heavy atom. The summed E-state index contributed by atoms with van der Waals surface area (Å²) < 4.78 is 18.5. The number of carbonyl (C=O) groups is 1. The van der Waals surface area contributed by atoms with Crippen molar-refractivity contribution < 1.29 is 13.9 Å². The number of nitrogens with one attached hydrogen (secondary N) is 1. The van der Waals surface area contributed by atoms with Crippen LogP contribution in [0.25, 0.3) is 0 Å². The lowest BCUT2D eigenvalue weighted by molar-refractivity contribution is 0.183. The molecule has 0 aromatic heterocycles. The molecule has 0 unspecified atom stereocenters. The van der Waals surface area contributed by atoms with Crippen LogP contribution in [-0.2, 0) is 24.4 Å². The zero-order valence-electron chi connectivity index (χ0n) is 14.1. The number of benzene rings is 2. The van der Waals surface area contributed by atoms with E-state index in [9.17, 15) is 9.18 Å². The molecule has 2 aromatic rings. The number of urea groups is 1. The molecule has 0 atom stereocenters. The second-order valence-corrected chi connectivity index (χ2v) is 5.50. The van der Waals surface area contributed by atoms with Crippen LogP contribution >= 0.6 is 0 Å². The monoisotopic (exact) mass is 330 g/mol. The third kappa shape index (κ3) is 5.06. The minimum Gasteiger partial charge on any atom is -0.380 e. The summed E-state index contributed by atoms with van der Waals surface area (Å²) >= 11 is 0. The van der Waals surface area contributed by atoms with Crippen molar-refractivity contribution >= 4 is 6.03 Å². The molecular formula is C19H23FN2O2. The molecule has 0 aliphatic carbocycles. The quantitative estimate of drug-likeness (QED) is 0.841. The third-order valence-electron chi connectivity index (χ3n) is 3.78. The number of methoxy groups -OCH3 is 1. The van der Waals surface area contributed by atoms with Crippen molar-refractivity contribution in [3.63, 3.8) is 0 Å². The lowest BCUT2D eigenvalue weighted by Gasteiger charge is -2.22. The van der Waals surface area contributed by atoms with Gasteiger partial charge in [-0.25, -0.2) is 9.18 Å². The molecule has 5 heteroatoms. The molecule has 1 N–H and O–H groups in total. The number of halogens is 1. The number of carbonyl (C=O) groups excluding carboxylic acids is 1. The van der Waals surface area contributed by atoms with Gasteiger partial charge in [0.1, 0.15) is 5.82 Å². The molecule has 0 bridgehead atoms. The van der Waals surface area contributed by atoms with E-state index in [0.717, 1.165) is 16.7 Å². The van der Waals surface area contributed by atoms with Crippen molar-refractivity contribution in [2.24, 2.45) is 0 Å². The SMILES string of the molecule is CCN(Cc1cccc(F)c1)C(=O)NCc1ccccc1COC. The number of rotatable bonds is 7. The van der Waals surface area contributed by atoms with Crippen molar-refractivity contribution in [1.29, 1.82) is 0 Å². The highest BCUT2D eigenvalue weighted by molar-refractivity contribution is 5.74. The van der Waals surface area contributed by atoms with E-state index in [1.165, 1.54) is 12.1 Å². The van der Waals surface area contributed by atoms with Gasteiger partial charge in [0.15, 0.2) is 0 Å². The molecule has 128 valence electrons. The van der Waals surface area contributed by atoms with Gasteiger partial charge >= 0.3 is 6.03 Å². The lowest BCUT2D eigenvalue weighted by Crippen LogP contribution is -2.39. The van der Waals surface area contributed by atoms with E-state index >= 15 is 0 Å². The van der Waals surface area contributed by atoms with Crippen LogP contribution in [-0.4, -0.2) is 24.6 Å². The van der Waals surface area contributed by atoms with E-state index in [1.807, 2.05) is 37.3 Å². The number of amides is 2. The molecule has 0 saturated heterocycles. The van der Waals surface area contributed by atoms with Gasteiger partial charge in [-0.1, -0.05) is 36.4 Å². The van der Waals surface area contributed by atoms with Gasteiger partial charge in [0.25, 0.3) is 0 Å². The zero-order valence-corrected chi connectivity index (χ0v) is 14.1. The van der Waals surface area contributed by atoms with Crippen LogP contribution in [0.5, 0.6) is 0 Å². The van der Waals surface area contributed by atoms with Gasteiger partial charge < -0.3 is 15.0 Å². The molecule has 0 aliphatic rings. The maximum Gasteiger partial charge on any atom is 0.317 e. The van der Waals surface area contributed by atoms with Crippen LogP contribution in [0, 0.1) is 5.82 Å². The molecule has 0 fully saturated rings. The van der Waals surface area contributed by atoms with E-state index in [0.29, 0.717) is 26.2 Å². The van der Waals surface area contributed by atoms with Crippen molar-refractivity contribution in [2.45, 2.75) is 26.6 Å². The van der Waals surface area contributed by atoms with Gasteiger partial charge in [0.05, 0.1) is 6.61 Å². The van der Waals surface area contributed by atoms with Crippen LogP contribution in [0.3, 0.4) is 0 Å². The van der Waals surface area contributed by atoms with Crippen LogP contribution in [0.15, 0.2) is 48.5 Å². The molecule has 0 heterocycles. The Morgan fingerprint density at radius 3 is 2.58 bits per heavy atom. The van der Waals surface area contributed by atoms with Gasteiger partial charge in [-0.15, -0.1) is 0 Å². The summed E-state index contributed by atoms with van der Waals surface area (Å²) in [7, 11) is 1.65. The van der Waals surface area contributed by atoms with Crippen LogP contribution in [0.4, 0.5) is 9.18 Å². The van der Waals surface area contributed by atoms with Crippen LogP contribution in [0.1, 0.15) is 23.6 Å². The second-order valence-electron chi connectivity index (χ2n) is 5.50. The summed E-state index contributed by atoms with van der Waals surface area (Å²) in [5.74, 6) is -0.294. The summed E-state index contributed by atoms with van der Waals surface area (Å²) in [5.41, 5.74) is 2.84. The van der Waals surface area contributed by atoms with E-state index in [-0.39, 0.29) is 11.8 Å². The first-order chi connectivity index (χ1) is 11.6. The Balaban J connectivity index is 1.97. The maximum atomic E-state index is 13.3. The topological polar surface area (TPSA) is 41.6 Å². The predicted molar refractivity (Wildman–Crippen MR) is 91.9 cm³/mol. The molecule has 0 spiro atoms. The molecular weight excluding hydrogens is 307 g/mol. The zero-order chi connectivity index (χ0) is 17.4. The van der Waals surface area contributed by atoms with Crippen molar-refractivity contribution in [2.75, 3.05) is 13.7 Å². The molecule has 2 amide bonds. The van der Waals surface area contributed by atoms with Crippen molar-refractivity contribution in [3.8, 4) is 0 Å². The standard InChI is InChI=1S/C19H23FN2O2/c1-3-22(13-15-7-6-10-18(20)11-15)19(23)21-12-16-8-4-5-9-17(16)14-24-2/h4-11H,3,12-14H2,1-2H3,(H,21,23). The number of hydrogen-bond acceptors (Lipinski definition) is 2. The van der Waals surface area contributed by atoms with Gasteiger partial charge in [-0.2, -0.15) is 0 Å². The highest BCUT2D eigenvalue weighted by atomic mass is 19.1. The second kappa shape index (κ2) is 9.03. The van der Waals surface area contributed by atoms with Crippen LogP contribution in [0.2, 0.25) is 0 Å². The first-order valence-corrected chi connectivity index (χ1v) is 7.97. The van der Waals surface area contributed by atoms with Gasteiger partial charge in [-0.05, 0) is 35.7 Å². The maximum absolute atomic E-state index is 13.3. The van der Waals surface area contributed by atoms with E-state index in [1.54, 1.807) is 18.1 Å². The largest absolute Gasteiger partial charge is 0.380 e. The highest BCUT2D eigenvalue weighted by Gasteiger charge is 2.12. The fourth-order valence-electron chi connectivity index (χ4n) is 2.49. The molecule has 24 heavy (non-hydrogen) atoms. The summed E-state index contributed by atoms with van der Waals surface area (Å²) in [6.07, 6.45) is 0. The Hall–Kier alpha value is -2.40. The Labute approximate surface area is 142 Å². The van der Waals surface area contributed by atoms with Crippen molar-refractivity contribution in [3.05, 3.63) is 71.0 Å². The van der Waals surface area contributed by atoms with Crippen molar-refractivity contribution in [1.82, 2.24) is 10.2 Å². The Bertz CT molecular complexity index is 676.